The molecule has 2 aliphatic carbocycles. The molecular weight excluding hydrogens is 332 g/mol. The molecule has 0 aromatic rings. The third kappa shape index (κ3) is 4.40. The smallest absolute Gasteiger partial charge is 0.405 e. The van der Waals surface area contributed by atoms with E-state index in [0.717, 1.165) is 12.8 Å². The predicted molar refractivity (Wildman–Crippen MR) is 85.1 cm³/mol. The summed E-state index contributed by atoms with van der Waals surface area (Å²) in [6, 6.07) is 0. The van der Waals surface area contributed by atoms with E-state index in [1.165, 1.54) is 0 Å². The molecule has 25 heavy (non-hydrogen) atoms. The molecule has 0 aromatic heterocycles. The molecule has 0 atom stereocenters. The molecule has 9 nitrogen and oxygen atoms in total. The Morgan fingerprint density at radius 1 is 0.640 bits per heavy atom. The van der Waals surface area contributed by atoms with Gasteiger partial charge in [0.05, 0.1) is 0 Å². The Labute approximate surface area is 145 Å². The highest BCUT2D eigenvalue weighted by atomic mass is 16.6. The van der Waals surface area contributed by atoms with Crippen LogP contribution in [0.3, 0.4) is 0 Å². The average molecular weight is 356 g/mol. The Hall–Kier alpha value is -2.32. The van der Waals surface area contributed by atoms with Crippen molar-refractivity contribution in [2.75, 3.05) is 0 Å². The van der Waals surface area contributed by atoms with Crippen LogP contribution in [0.1, 0.15) is 64.2 Å². The van der Waals surface area contributed by atoms with Crippen LogP contribution in [0.2, 0.25) is 0 Å². The highest BCUT2D eigenvalue weighted by Crippen LogP contribution is 2.33. The molecule has 0 radical (unpaired) electrons. The molecule has 0 bridgehead atoms. The van der Waals surface area contributed by atoms with Crippen LogP contribution in [0.25, 0.3) is 0 Å². The first-order valence-corrected chi connectivity index (χ1v) is 8.59. The van der Waals surface area contributed by atoms with Gasteiger partial charge in [0.2, 0.25) is 0 Å². The molecule has 0 aromatic carbocycles. The van der Waals surface area contributed by atoms with Gasteiger partial charge in [0, 0.05) is 0 Å². The van der Waals surface area contributed by atoms with Crippen molar-refractivity contribution in [1.29, 1.82) is 0 Å². The second-order valence-corrected chi connectivity index (χ2v) is 6.82. The van der Waals surface area contributed by atoms with E-state index >= 15 is 0 Å². The van der Waals surface area contributed by atoms with Gasteiger partial charge in [-0.3, -0.25) is 0 Å². The van der Waals surface area contributed by atoms with E-state index in [9.17, 15) is 19.2 Å². The third-order valence-electron chi connectivity index (χ3n) is 5.07. The largest absolute Gasteiger partial charge is 0.465 e. The van der Waals surface area contributed by atoms with Gasteiger partial charge >= 0.3 is 24.1 Å². The number of amides is 2. The first kappa shape index (κ1) is 19.0. The van der Waals surface area contributed by atoms with Crippen molar-refractivity contribution in [2.45, 2.75) is 75.3 Å². The molecule has 2 rings (SSSR count). The molecule has 140 valence electrons. The molecule has 0 spiro atoms. The Kier molecular flexibility index (Phi) is 5.86. The van der Waals surface area contributed by atoms with Crippen molar-refractivity contribution < 1.29 is 34.1 Å². The summed E-state index contributed by atoms with van der Waals surface area (Å²) in [5.41, 5.74) is -2.89. The Bertz CT molecular complexity index is 501. The molecule has 0 saturated heterocycles. The number of rotatable bonds is 4. The first-order valence-electron chi connectivity index (χ1n) is 8.59. The highest BCUT2D eigenvalue weighted by molar-refractivity contribution is 5.97. The summed E-state index contributed by atoms with van der Waals surface area (Å²) in [6.45, 7) is 0. The van der Waals surface area contributed by atoms with Crippen molar-refractivity contribution in [2.24, 2.45) is 0 Å². The molecule has 2 amide bonds. The lowest BCUT2D eigenvalue weighted by molar-refractivity contribution is -0.171. The summed E-state index contributed by atoms with van der Waals surface area (Å²) in [5.74, 6) is -1.89. The molecular formula is C16H24N2O7. The maximum atomic E-state index is 12.6. The van der Waals surface area contributed by atoms with Crippen molar-refractivity contribution in [3.8, 4) is 0 Å². The summed E-state index contributed by atoms with van der Waals surface area (Å²) in [4.78, 5) is 47.3. The summed E-state index contributed by atoms with van der Waals surface area (Å²) in [6.07, 6.45) is 2.60. The van der Waals surface area contributed by atoms with E-state index in [1.54, 1.807) is 0 Å². The topological polar surface area (TPSA) is 142 Å². The summed E-state index contributed by atoms with van der Waals surface area (Å²) < 4.78 is 5.01. The average Bonchev–Trinajstić information content (AvgIpc) is 2.55. The Morgan fingerprint density at radius 2 is 0.960 bits per heavy atom. The Morgan fingerprint density at radius 3 is 1.24 bits per heavy atom. The van der Waals surface area contributed by atoms with E-state index in [1.807, 2.05) is 0 Å². The standard InChI is InChI=1S/C16H24N2O7/c19-11(15(17-13(21)22)7-3-1-4-8-15)25-12(20)16(18-14(23)24)9-5-2-6-10-16/h17-18H,1-10H2,(H,21,22)(H,23,24). The van der Waals surface area contributed by atoms with Crippen molar-refractivity contribution in [3.63, 3.8) is 0 Å². The molecule has 4 N–H and O–H groups in total. The molecule has 0 unspecified atom stereocenters. The zero-order valence-electron chi connectivity index (χ0n) is 14.0. The van der Waals surface area contributed by atoms with Gasteiger partial charge in [0.15, 0.2) is 0 Å². The van der Waals surface area contributed by atoms with Crippen LogP contribution in [0.5, 0.6) is 0 Å². The van der Waals surface area contributed by atoms with E-state index in [4.69, 9.17) is 14.9 Å². The highest BCUT2D eigenvalue weighted by Gasteiger charge is 2.48. The van der Waals surface area contributed by atoms with Gasteiger partial charge in [-0.05, 0) is 25.7 Å². The fourth-order valence-electron chi connectivity index (χ4n) is 3.76. The van der Waals surface area contributed by atoms with E-state index in [0.29, 0.717) is 25.7 Å². The SMILES string of the molecule is O=C(O)NC1(C(=O)OC(=O)C2(NC(=O)O)CCCCC2)CCCCC1. The maximum Gasteiger partial charge on any atom is 0.405 e. The normalized spacial score (nSPS) is 21.6. The number of carboxylic acid groups (broad SMARTS) is 2. The number of ether oxygens (including phenoxy) is 1. The molecule has 9 heteroatoms. The number of nitrogens with one attached hydrogen (secondary N) is 2. The fourth-order valence-corrected chi connectivity index (χ4v) is 3.76. The molecule has 2 fully saturated rings. The van der Waals surface area contributed by atoms with Gasteiger partial charge in [-0.1, -0.05) is 38.5 Å². The molecule has 0 aliphatic heterocycles. The number of hydrogen-bond donors (Lipinski definition) is 4. The van der Waals surface area contributed by atoms with Crippen molar-refractivity contribution >= 4 is 24.1 Å². The van der Waals surface area contributed by atoms with E-state index < -0.39 is 35.2 Å². The zero-order valence-corrected chi connectivity index (χ0v) is 14.0. The second-order valence-electron chi connectivity index (χ2n) is 6.82. The monoisotopic (exact) mass is 356 g/mol. The molecule has 0 heterocycles. The predicted octanol–water partition coefficient (Wildman–Crippen LogP) is 2.00. The molecule has 2 aliphatic rings. The summed E-state index contributed by atoms with van der Waals surface area (Å²) in [5, 5.41) is 22.5. The minimum atomic E-state index is -1.45. The summed E-state index contributed by atoms with van der Waals surface area (Å²) in [7, 11) is 0. The number of hydrogen-bond acceptors (Lipinski definition) is 5. The lowest BCUT2D eigenvalue weighted by Gasteiger charge is -2.37. The lowest BCUT2D eigenvalue weighted by atomic mass is 9.80. The van der Waals surface area contributed by atoms with Crippen molar-refractivity contribution in [1.82, 2.24) is 10.6 Å². The summed E-state index contributed by atoms with van der Waals surface area (Å²) >= 11 is 0. The van der Waals surface area contributed by atoms with Crippen LogP contribution in [-0.4, -0.2) is 45.4 Å². The van der Waals surface area contributed by atoms with Gasteiger partial charge in [0.25, 0.3) is 0 Å². The zero-order chi connectivity index (χ0) is 18.5. The van der Waals surface area contributed by atoms with E-state index in [2.05, 4.69) is 10.6 Å². The van der Waals surface area contributed by atoms with Gasteiger partial charge < -0.3 is 25.6 Å². The van der Waals surface area contributed by atoms with Crippen molar-refractivity contribution in [3.05, 3.63) is 0 Å². The van der Waals surface area contributed by atoms with Crippen LogP contribution in [-0.2, 0) is 14.3 Å². The van der Waals surface area contributed by atoms with E-state index in [-0.39, 0.29) is 25.7 Å². The minimum absolute atomic E-state index is 0.255. The van der Waals surface area contributed by atoms with Crippen LogP contribution in [0.15, 0.2) is 0 Å². The Balaban J connectivity index is 2.16. The fraction of sp³-hybridized carbons (Fsp3) is 0.750. The van der Waals surface area contributed by atoms with Gasteiger partial charge in [-0.2, -0.15) is 0 Å². The first-order chi connectivity index (χ1) is 11.8. The van der Waals surface area contributed by atoms with Gasteiger partial charge in [0.1, 0.15) is 11.1 Å². The lowest BCUT2D eigenvalue weighted by Crippen LogP contribution is -2.60. The minimum Gasteiger partial charge on any atom is -0.465 e. The second kappa shape index (κ2) is 7.71. The number of carbonyl (C=O) groups excluding carboxylic acids is 2. The van der Waals surface area contributed by atoms with Gasteiger partial charge in [-0.25, -0.2) is 19.2 Å². The maximum absolute atomic E-state index is 12.6. The molecule has 2 saturated carbocycles. The number of esters is 2. The van der Waals surface area contributed by atoms with Crippen LogP contribution >= 0.6 is 0 Å². The van der Waals surface area contributed by atoms with Crippen LogP contribution in [0.4, 0.5) is 9.59 Å². The number of carbonyl (C=O) groups is 4. The van der Waals surface area contributed by atoms with Gasteiger partial charge in [-0.15, -0.1) is 0 Å². The van der Waals surface area contributed by atoms with Crippen LogP contribution in [0, 0.1) is 0 Å². The quantitative estimate of drug-likeness (QED) is 0.446. The van der Waals surface area contributed by atoms with Crippen LogP contribution < -0.4 is 10.6 Å². The third-order valence-corrected chi connectivity index (χ3v) is 5.07.